The predicted octanol–water partition coefficient (Wildman–Crippen LogP) is 1.23. The second-order valence-corrected chi connectivity index (χ2v) is 7.66. The Morgan fingerprint density at radius 2 is 1.67 bits per heavy atom. The summed E-state index contributed by atoms with van der Waals surface area (Å²) in [6, 6.07) is 6.48. The molecule has 7 nitrogen and oxygen atoms in total. The summed E-state index contributed by atoms with van der Waals surface area (Å²) in [5, 5.41) is 8.34. The first-order valence-corrected chi connectivity index (χ1v) is 9.21. The number of nitrogens with zero attached hydrogens (tertiary/aromatic N) is 1. The maximum absolute atomic E-state index is 12.9. The Morgan fingerprint density at radius 1 is 1.07 bits per heavy atom. The molecule has 3 atom stereocenters. The number of fused-ring (bicyclic) bond motifs is 1. The molecule has 1 unspecified atom stereocenters. The third-order valence-electron chi connectivity index (χ3n) is 6.06. The van der Waals surface area contributed by atoms with Crippen LogP contribution in [0.3, 0.4) is 0 Å². The number of hydrogen-bond acceptors (Lipinski definition) is 4. The molecule has 0 aromatic heterocycles. The number of rotatable bonds is 2. The summed E-state index contributed by atoms with van der Waals surface area (Å²) in [6.07, 6.45) is 2.09. The largest absolute Gasteiger partial charge is 0.339 e. The lowest BCUT2D eigenvalue weighted by Crippen LogP contribution is -2.40. The Bertz CT molecular complexity index is 740. The van der Waals surface area contributed by atoms with Gasteiger partial charge in [-0.3, -0.25) is 14.9 Å². The number of halogens is 1. The maximum atomic E-state index is 12.9. The van der Waals surface area contributed by atoms with Gasteiger partial charge < -0.3 is 15.5 Å². The monoisotopic (exact) mass is 392 g/mol. The molecule has 8 heteroatoms. The fraction of sp³-hybridized carbons (Fsp3) is 0.526. The Morgan fingerprint density at radius 3 is 2.19 bits per heavy atom. The van der Waals surface area contributed by atoms with Crippen molar-refractivity contribution in [3.05, 3.63) is 35.4 Å². The highest BCUT2D eigenvalue weighted by atomic mass is 35.5. The van der Waals surface area contributed by atoms with Crippen LogP contribution in [-0.2, 0) is 10.3 Å². The number of carbonyl (C=O) groups excluding carboxylic acids is 3. The van der Waals surface area contributed by atoms with Gasteiger partial charge in [0.15, 0.2) is 0 Å². The minimum absolute atomic E-state index is 0. The Labute approximate surface area is 164 Å². The summed E-state index contributed by atoms with van der Waals surface area (Å²) in [6.45, 7) is 5.37. The highest BCUT2D eigenvalue weighted by Crippen LogP contribution is 2.28. The predicted molar refractivity (Wildman–Crippen MR) is 103 cm³/mol. The highest BCUT2D eigenvalue weighted by molar-refractivity contribution is 6.07. The van der Waals surface area contributed by atoms with Crippen LogP contribution in [0, 0.1) is 11.8 Å². The van der Waals surface area contributed by atoms with Crippen molar-refractivity contribution in [1.29, 1.82) is 0 Å². The molecular formula is C19H25ClN4O3. The van der Waals surface area contributed by atoms with Crippen LogP contribution >= 0.6 is 12.4 Å². The molecule has 0 aliphatic carbocycles. The molecule has 0 bridgehead atoms. The van der Waals surface area contributed by atoms with Crippen LogP contribution in [0.1, 0.15) is 35.7 Å². The van der Waals surface area contributed by atoms with E-state index in [9.17, 15) is 14.4 Å². The van der Waals surface area contributed by atoms with Crippen molar-refractivity contribution in [3.8, 4) is 0 Å². The van der Waals surface area contributed by atoms with Gasteiger partial charge in [-0.25, -0.2) is 4.79 Å². The van der Waals surface area contributed by atoms with Crippen molar-refractivity contribution in [1.82, 2.24) is 20.9 Å². The molecule has 3 fully saturated rings. The summed E-state index contributed by atoms with van der Waals surface area (Å²) in [7, 11) is 0. The molecular weight excluding hydrogens is 368 g/mol. The van der Waals surface area contributed by atoms with Crippen molar-refractivity contribution in [2.45, 2.75) is 25.3 Å². The van der Waals surface area contributed by atoms with E-state index in [1.54, 1.807) is 31.2 Å². The fourth-order valence-electron chi connectivity index (χ4n) is 4.30. The van der Waals surface area contributed by atoms with E-state index in [4.69, 9.17) is 0 Å². The first-order chi connectivity index (χ1) is 12.5. The quantitative estimate of drug-likeness (QED) is 0.660. The zero-order valence-corrected chi connectivity index (χ0v) is 16.1. The molecule has 3 N–H and O–H groups in total. The van der Waals surface area contributed by atoms with Gasteiger partial charge in [-0.2, -0.15) is 0 Å². The van der Waals surface area contributed by atoms with Crippen molar-refractivity contribution < 1.29 is 14.4 Å². The molecule has 0 saturated carbocycles. The van der Waals surface area contributed by atoms with Crippen molar-refractivity contribution in [3.63, 3.8) is 0 Å². The number of hydrogen-bond donors (Lipinski definition) is 3. The Kier molecular flexibility index (Phi) is 5.44. The van der Waals surface area contributed by atoms with E-state index < -0.39 is 11.6 Å². The van der Waals surface area contributed by atoms with Gasteiger partial charge in [0.1, 0.15) is 5.54 Å². The number of urea groups is 1. The lowest BCUT2D eigenvalue weighted by Gasteiger charge is -2.23. The minimum atomic E-state index is -1.09. The van der Waals surface area contributed by atoms with E-state index in [1.807, 2.05) is 4.90 Å². The summed E-state index contributed by atoms with van der Waals surface area (Å²) in [5.41, 5.74) is 0.187. The first kappa shape index (κ1) is 19.6. The van der Waals surface area contributed by atoms with E-state index in [2.05, 4.69) is 16.0 Å². The van der Waals surface area contributed by atoms with Crippen LogP contribution in [0.5, 0.6) is 0 Å². The van der Waals surface area contributed by atoms with Crippen molar-refractivity contribution in [2.24, 2.45) is 11.8 Å². The molecule has 4 amide bonds. The average molecular weight is 393 g/mol. The van der Waals surface area contributed by atoms with Crippen LogP contribution in [0.15, 0.2) is 24.3 Å². The van der Waals surface area contributed by atoms with E-state index in [0.29, 0.717) is 23.0 Å². The second kappa shape index (κ2) is 7.48. The van der Waals surface area contributed by atoms with Gasteiger partial charge in [0.25, 0.3) is 11.8 Å². The molecule has 4 rings (SSSR count). The third kappa shape index (κ3) is 3.53. The van der Waals surface area contributed by atoms with E-state index in [1.165, 1.54) is 0 Å². The number of amides is 4. The van der Waals surface area contributed by atoms with Crippen LogP contribution in [0.2, 0.25) is 0 Å². The molecule has 3 heterocycles. The molecule has 1 aromatic rings. The van der Waals surface area contributed by atoms with Crippen molar-refractivity contribution in [2.75, 3.05) is 26.2 Å². The summed E-state index contributed by atoms with van der Waals surface area (Å²) >= 11 is 0. The summed E-state index contributed by atoms with van der Waals surface area (Å²) < 4.78 is 0. The number of benzene rings is 1. The van der Waals surface area contributed by atoms with Gasteiger partial charge in [0, 0.05) is 18.7 Å². The molecule has 27 heavy (non-hydrogen) atoms. The zero-order valence-electron chi connectivity index (χ0n) is 15.3. The van der Waals surface area contributed by atoms with Crippen LogP contribution in [0.4, 0.5) is 4.79 Å². The van der Waals surface area contributed by atoms with Gasteiger partial charge in [0.2, 0.25) is 0 Å². The second-order valence-electron chi connectivity index (χ2n) is 7.66. The van der Waals surface area contributed by atoms with Crippen LogP contribution < -0.4 is 16.0 Å². The smallest absolute Gasteiger partial charge is 0.322 e. The number of likely N-dealkylation sites (tertiary alicyclic amines) is 1. The molecule has 0 spiro atoms. The van der Waals surface area contributed by atoms with E-state index >= 15 is 0 Å². The number of imide groups is 1. The SMILES string of the molecule is CC1(c2ccc(C(=O)N3CC[C@@H]4CNC[C@@H]4CC3)cc2)NC(=O)NC1=O.Cl. The van der Waals surface area contributed by atoms with E-state index in [0.717, 1.165) is 39.0 Å². The van der Waals surface area contributed by atoms with Gasteiger partial charge in [-0.05, 0) is 62.4 Å². The summed E-state index contributed by atoms with van der Waals surface area (Å²) in [5.74, 6) is 1.02. The van der Waals surface area contributed by atoms with Gasteiger partial charge in [-0.1, -0.05) is 12.1 Å². The highest BCUT2D eigenvalue weighted by Gasteiger charge is 2.43. The minimum Gasteiger partial charge on any atom is -0.339 e. The Hall–Kier alpha value is -2.12. The molecule has 3 aliphatic rings. The first-order valence-electron chi connectivity index (χ1n) is 9.21. The summed E-state index contributed by atoms with van der Waals surface area (Å²) in [4.78, 5) is 38.3. The third-order valence-corrected chi connectivity index (χ3v) is 6.06. The van der Waals surface area contributed by atoms with Crippen LogP contribution in [-0.4, -0.2) is 48.9 Å². The standard InChI is InChI=1S/C19H24N4O3.ClH/c1-19(17(25)21-18(26)22-19)15-4-2-12(3-5-15)16(24)23-8-6-13-10-20-11-14(13)7-9-23;/h2-5,13-14,20H,6-11H2,1H3,(H2,21,22,25,26);1H/t13-,14+,19?;. The fourth-order valence-corrected chi connectivity index (χ4v) is 4.30. The maximum Gasteiger partial charge on any atom is 0.322 e. The zero-order chi connectivity index (χ0) is 18.3. The number of nitrogens with one attached hydrogen (secondary N) is 3. The van der Waals surface area contributed by atoms with Crippen molar-refractivity contribution >= 4 is 30.3 Å². The molecule has 146 valence electrons. The molecule has 0 radical (unpaired) electrons. The molecule has 3 aliphatic heterocycles. The Balaban J connectivity index is 0.00000210. The van der Waals surface area contributed by atoms with E-state index in [-0.39, 0.29) is 24.2 Å². The average Bonchev–Trinajstić information content (AvgIpc) is 3.12. The van der Waals surface area contributed by atoms with Gasteiger partial charge >= 0.3 is 6.03 Å². The van der Waals surface area contributed by atoms with Gasteiger partial charge in [0.05, 0.1) is 0 Å². The normalized spacial score (nSPS) is 30.0. The molecule has 3 saturated heterocycles. The van der Waals surface area contributed by atoms with Gasteiger partial charge in [-0.15, -0.1) is 12.4 Å². The lowest BCUT2D eigenvalue weighted by atomic mass is 9.91. The number of carbonyl (C=O) groups is 3. The van der Waals surface area contributed by atoms with Crippen LogP contribution in [0.25, 0.3) is 0 Å². The molecule has 1 aromatic carbocycles. The topological polar surface area (TPSA) is 90.5 Å². The lowest BCUT2D eigenvalue weighted by molar-refractivity contribution is -0.123.